The highest BCUT2D eigenvalue weighted by atomic mass is 16.5. The zero-order valence-electron chi connectivity index (χ0n) is 14.2. The Morgan fingerprint density at radius 1 is 1.16 bits per heavy atom. The van der Waals surface area contributed by atoms with Gasteiger partial charge in [0.1, 0.15) is 18.5 Å². The average molecular weight is 344 g/mol. The van der Waals surface area contributed by atoms with E-state index in [0.717, 1.165) is 0 Å². The van der Waals surface area contributed by atoms with Crippen LogP contribution in [0, 0.1) is 0 Å². The van der Waals surface area contributed by atoms with Crippen LogP contribution >= 0.6 is 0 Å². The molecule has 0 saturated heterocycles. The summed E-state index contributed by atoms with van der Waals surface area (Å²) in [6.07, 6.45) is -0.870. The molecule has 25 heavy (non-hydrogen) atoms. The fourth-order valence-electron chi connectivity index (χ4n) is 2.30. The minimum absolute atomic E-state index is 0.00449. The maximum absolute atomic E-state index is 12.5. The fourth-order valence-corrected chi connectivity index (χ4v) is 2.30. The molecular weight excluding hydrogens is 320 g/mol. The number of carbonyl (C=O) groups excluding carboxylic acids is 1. The quantitative estimate of drug-likeness (QED) is 0.598. The van der Waals surface area contributed by atoms with Crippen molar-refractivity contribution in [1.82, 2.24) is 5.32 Å². The zero-order chi connectivity index (χ0) is 18.1. The summed E-state index contributed by atoms with van der Waals surface area (Å²) in [5.74, 6) is 0.138. The summed E-state index contributed by atoms with van der Waals surface area (Å²) in [6.45, 7) is 2.10. The van der Waals surface area contributed by atoms with E-state index in [1.165, 1.54) is 0 Å². The molecule has 2 aromatic rings. The number of aliphatic hydroxyl groups excluding tert-OH is 1. The third-order valence-electron chi connectivity index (χ3n) is 3.60. The van der Waals surface area contributed by atoms with E-state index >= 15 is 0 Å². The molecule has 134 valence electrons. The molecule has 0 aromatic heterocycles. The number of rotatable bonds is 9. The van der Waals surface area contributed by atoms with Crippen LogP contribution in [0.1, 0.15) is 12.5 Å². The van der Waals surface area contributed by atoms with Crippen molar-refractivity contribution in [3.8, 4) is 5.75 Å². The number of hydrogen-bond donors (Lipinski definition) is 3. The Labute approximate surface area is 147 Å². The number of amides is 1. The van der Waals surface area contributed by atoms with Crippen molar-refractivity contribution in [2.24, 2.45) is 5.73 Å². The molecule has 0 bridgehead atoms. The number of hydrogen-bond acceptors (Lipinski definition) is 5. The first kappa shape index (κ1) is 18.9. The molecule has 2 rings (SSSR count). The highest BCUT2D eigenvalue weighted by molar-refractivity contribution is 5.85. The predicted octanol–water partition coefficient (Wildman–Crippen LogP) is 1.39. The molecule has 6 nitrogen and oxygen atoms in total. The highest BCUT2D eigenvalue weighted by Gasteiger charge is 2.36. The molecular formula is C19H24N2O4. The topological polar surface area (TPSA) is 93.8 Å². The number of carbonyl (C=O) groups is 1. The molecule has 0 saturated carbocycles. The molecule has 2 aromatic carbocycles. The van der Waals surface area contributed by atoms with Crippen LogP contribution in [0.5, 0.6) is 5.75 Å². The van der Waals surface area contributed by atoms with E-state index in [9.17, 15) is 9.90 Å². The average Bonchev–Trinajstić information content (AvgIpc) is 2.66. The van der Waals surface area contributed by atoms with E-state index in [0.29, 0.717) is 11.3 Å². The van der Waals surface area contributed by atoms with Gasteiger partial charge in [0.05, 0.1) is 0 Å². The van der Waals surface area contributed by atoms with Gasteiger partial charge < -0.3 is 19.9 Å². The first-order chi connectivity index (χ1) is 12.1. The molecule has 2 unspecified atom stereocenters. The standard InChI is InChI=1S/C19H24N2O4/c1-2-25-19(20,15-9-5-3-6-10-15)18(23)21-13-16(22)14-24-17-11-7-4-8-12-17/h3-12,16,22H,2,13-14,20H2,1H3,(H,21,23). The van der Waals surface area contributed by atoms with E-state index < -0.39 is 17.7 Å². The van der Waals surface area contributed by atoms with Crippen LogP contribution in [0.3, 0.4) is 0 Å². The van der Waals surface area contributed by atoms with Gasteiger partial charge in [-0.15, -0.1) is 0 Å². The summed E-state index contributed by atoms with van der Waals surface area (Å²) in [7, 11) is 0. The van der Waals surface area contributed by atoms with Crippen LogP contribution in [0.4, 0.5) is 0 Å². The number of nitrogens with one attached hydrogen (secondary N) is 1. The second kappa shape index (κ2) is 9.17. The second-order valence-corrected chi connectivity index (χ2v) is 5.52. The number of para-hydroxylation sites is 1. The third kappa shape index (κ3) is 5.29. The first-order valence-corrected chi connectivity index (χ1v) is 8.19. The Kier molecular flexibility index (Phi) is 6.94. The van der Waals surface area contributed by atoms with Crippen molar-refractivity contribution in [3.05, 3.63) is 66.2 Å². The monoisotopic (exact) mass is 344 g/mol. The van der Waals surface area contributed by atoms with Gasteiger partial charge in [0, 0.05) is 18.7 Å². The van der Waals surface area contributed by atoms with Crippen LogP contribution in [-0.4, -0.2) is 36.9 Å². The van der Waals surface area contributed by atoms with Crippen molar-refractivity contribution in [2.45, 2.75) is 18.8 Å². The van der Waals surface area contributed by atoms with Gasteiger partial charge in [-0.2, -0.15) is 0 Å². The summed E-state index contributed by atoms with van der Waals surface area (Å²) in [5, 5.41) is 12.6. The third-order valence-corrected chi connectivity index (χ3v) is 3.60. The van der Waals surface area contributed by atoms with Crippen LogP contribution in [0.15, 0.2) is 60.7 Å². The molecule has 4 N–H and O–H groups in total. The maximum Gasteiger partial charge on any atom is 0.272 e. The SMILES string of the molecule is CCOC(N)(C(=O)NCC(O)COc1ccccc1)c1ccccc1. The summed E-state index contributed by atoms with van der Waals surface area (Å²) < 4.78 is 10.9. The molecule has 2 atom stereocenters. The van der Waals surface area contributed by atoms with Crippen LogP contribution < -0.4 is 15.8 Å². The van der Waals surface area contributed by atoms with Gasteiger partial charge in [-0.05, 0) is 19.1 Å². The van der Waals surface area contributed by atoms with E-state index in [-0.39, 0.29) is 19.8 Å². The molecule has 1 amide bonds. The van der Waals surface area contributed by atoms with Crippen molar-refractivity contribution >= 4 is 5.91 Å². The Hall–Kier alpha value is -2.41. The summed E-state index contributed by atoms with van der Waals surface area (Å²) in [6, 6.07) is 18.0. The van der Waals surface area contributed by atoms with Gasteiger partial charge >= 0.3 is 0 Å². The van der Waals surface area contributed by atoms with Gasteiger partial charge in [0.2, 0.25) is 5.72 Å². The highest BCUT2D eigenvalue weighted by Crippen LogP contribution is 2.20. The van der Waals surface area contributed by atoms with E-state index in [2.05, 4.69) is 5.32 Å². The minimum Gasteiger partial charge on any atom is -0.491 e. The number of nitrogens with two attached hydrogens (primary N) is 1. The number of aliphatic hydroxyl groups is 1. The van der Waals surface area contributed by atoms with E-state index in [1.54, 1.807) is 43.3 Å². The largest absolute Gasteiger partial charge is 0.491 e. The number of ether oxygens (including phenoxy) is 2. The summed E-state index contributed by atoms with van der Waals surface area (Å²) in [4.78, 5) is 12.5. The fraction of sp³-hybridized carbons (Fsp3) is 0.316. The van der Waals surface area contributed by atoms with Gasteiger partial charge in [-0.1, -0.05) is 48.5 Å². The lowest BCUT2D eigenvalue weighted by Gasteiger charge is -2.28. The predicted molar refractivity (Wildman–Crippen MR) is 94.9 cm³/mol. The van der Waals surface area contributed by atoms with Gasteiger partial charge in [0.25, 0.3) is 5.91 Å². The second-order valence-electron chi connectivity index (χ2n) is 5.52. The summed E-state index contributed by atoms with van der Waals surface area (Å²) >= 11 is 0. The Morgan fingerprint density at radius 2 is 1.76 bits per heavy atom. The van der Waals surface area contributed by atoms with Crippen molar-refractivity contribution < 1.29 is 19.4 Å². The van der Waals surface area contributed by atoms with E-state index in [1.807, 2.05) is 24.3 Å². The molecule has 0 aliphatic rings. The van der Waals surface area contributed by atoms with Crippen LogP contribution in [0.25, 0.3) is 0 Å². The molecule has 0 aliphatic carbocycles. The lowest BCUT2D eigenvalue weighted by molar-refractivity contribution is -0.148. The Balaban J connectivity index is 1.90. The Morgan fingerprint density at radius 3 is 2.36 bits per heavy atom. The van der Waals surface area contributed by atoms with Gasteiger partial charge in [-0.3, -0.25) is 10.5 Å². The molecule has 0 radical (unpaired) electrons. The van der Waals surface area contributed by atoms with Crippen molar-refractivity contribution in [1.29, 1.82) is 0 Å². The molecule has 6 heteroatoms. The molecule has 0 aliphatic heterocycles. The molecule has 0 heterocycles. The number of benzene rings is 2. The lowest BCUT2D eigenvalue weighted by atomic mass is 10.0. The normalized spacial score (nSPS) is 14.4. The smallest absolute Gasteiger partial charge is 0.272 e. The Bertz CT molecular complexity index is 651. The van der Waals surface area contributed by atoms with Gasteiger partial charge in [-0.25, -0.2) is 0 Å². The lowest BCUT2D eigenvalue weighted by Crippen LogP contribution is -2.54. The van der Waals surface area contributed by atoms with Gasteiger partial charge in [0.15, 0.2) is 0 Å². The van der Waals surface area contributed by atoms with Crippen molar-refractivity contribution in [3.63, 3.8) is 0 Å². The molecule has 0 fully saturated rings. The first-order valence-electron chi connectivity index (χ1n) is 8.19. The minimum atomic E-state index is -1.60. The van der Waals surface area contributed by atoms with Crippen LogP contribution in [-0.2, 0) is 15.3 Å². The van der Waals surface area contributed by atoms with Crippen LogP contribution in [0.2, 0.25) is 0 Å². The van der Waals surface area contributed by atoms with E-state index in [4.69, 9.17) is 15.2 Å². The van der Waals surface area contributed by atoms with Crippen molar-refractivity contribution in [2.75, 3.05) is 19.8 Å². The zero-order valence-corrected chi connectivity index (χ0v) is 14.2. The summed E-state index contributed by atoms with van der Waals surface area (Å²) in [5.41, 5.74) is 5.12. The maximum atomic E-state index is 12.5. The molecule has 0 spiro atoms.